The molecule has 0 unspecified atom stereocenters. The Kier molecular flexibility index (Phi) is 5.26. The van der Waals surface area contributed by atoms with Gasteiger partial charge >= 0.3 is 0 Å². The van der Waals surface area contributed by atoms with Gasteiger partial charge in [0.15, 0.2) is 17.5 Å². The smallest absolute Gasteiger partial charge is 0.193 e. The van der Waals surface area contributed by atoms with Gasteiger partial charge in [0.1, 0.15) is 0 Å². The fourth-order valence-electron chi connectivity index (χ4n) is 3.05. The van der Waals surface area contributed by atoms with Crippen molar-refractivity contribution in [2.24, 2.45) is 10.9 Å². The summed E-state index contributed by atoms with van der Waals surface area (Å²) in [6.45, 7) is 6.69. The second-order valence-corrected chi connectivity index (χ2v) is 6.40. The number of piperidine rings is 1. The zero-order valence-corrected chi connectivity index (χ0v) is 14.2. The van der Waals surface area contributed by atoms with Crippen LogP contribution in [0.4, 0.5) is 0 Å². The first-order valence-corrected chi connectivity index (χ1v) is 8.60. The van der Waals surface area contributed by atoms with Gasteiger partial charge in [0.05, 0.1) is 13.2 Å². The number of likely N-dealkylation sites (tertiary alicyclic amines) is 1. The van der Waals surface area contributed by atoms with Gasteiger partial charge < -0.3 is 19.7 Å². The molecule has 3 rings (SSSR count). The summed E-state index contributed by atoms with van der Waals surface area (Å²) in [6.07, 6.45) is 3.41. The van der Waals surface area contributed by atoms with Gasteiger partial charge in [-0.2, -0.15) is 0 Å². The van der Waals surface area contributed by atoms with E-state index in [9.17, 15) is 0 Å². The number of hydrogen-bond donors (Lipinski definition) is 1. The second kappa shape index (κ2) is 7.57. The molecule has 2 aliphatic heterocycles. The third kappa shape index (κ3) is 4.09. The van der Waals surface area contributed by atoms with Crippen molar-refractivity contribution in [2.75, 3.05) is 33.4 Å². The Morgan fingerprint density at radius 1 is 1.22 bits per heavy atom. The van der Waals surface area contributed by atoms with Crippen LogP contribution in [0.5, 0.6) is 11.5 Å². The van der Waals surface area contributed by atoms with Gasteiger partial charge in [-0.1, -0.05) is 13.0 Å². The molecule has 1 N–H and O–H groups in total. The molecule has 0 spiro atoms. The minimum Gasteiger partial charge on any atom is -0.490 e. The fourth-order valence-corrected chi connectivity index (χ4v) is 3.05. The highest BCUT2D eigenvalue weighted by Crippen LogP contribution is 2.30. The molecule has 5 nitrogen and oxygen atoms in total. The molecule has 0 radical (unpaired) electrons. The summed E-state index contributed by atoms with van der Waals surface area (Å²) in [7, 11) is 1.86. The molecule has 126 valence electrons. The number of rotatable bonds is 2. The van der Waals surface area contributed by atoms with Crippen LogP contribution in [0.1, 0.15) is 31.7 Å². The Bertz CT molecular complexity index is 551. The lowest BCUT2D eigenvalue weighted by Gasteiger charge is -2.33. The minimum atomic E-state index is 0.720. The summed E-state index contributed by atoms with van der Waals surface area (Å²) in [5, 5.41) is 3.47. The van der Waals surface area contributed by atoms with Crippen LogP contribution in [0, 0.1) is 5.92 Å². The monoisotopic (exact) mass is 317 g/mol. The maximum absolute atomic E-state index is 5.76. The molecule has 0 amide bonds. The number of benzene rings is 1. The van der Waals surface area contributed by atoms with Gasteiger partial charge in [-0.25, -0.2) is 0 Å². The van der Waals surface area contributed by atoms with Crippen LogP contribution in [0.3, 0.4) is 0 Å². The number of fused-ring (bicyclic) bond motifs is 1. The summed E-state index contributed by atoms with van der Waals surface area (Å²) >= 11 is 0. The molecule has 1 aromatic carbocycles. The summed E-state index contributed by atoms with van der Waals surface area (Å²) in [6, 6.07) is 6.16. The van der Waals surface area contributed by atoms with E-state index >= 15 is 0 Å². The predicted molar refractivity (Wildman–Crippen MR) is 92.2 cm³/mol. The van der Waals surface area contributed by atoms with E-state index < -0.39 is 0 Å². The van der Waals surface area contributed by atoms with Crippen LogP contribution >= 0.6 is 0 Å². The molecule has 23 heavy (non-hydrogen) atoms. The average Bonchev–Trinajstić information content (AvgIpc) is 2.82. The summed E-state index contributed by atoms with van der Waals surface area (Å²) in [4.78, 5) is 6.78. The number of ether oxygens (including phenoxy) is 2. The highest BCUT2D eigenvalue weighted by molar-refractivity contribution is 5.80. The largest absolute Gasteiger partial charge is 0.490 e. The molecule has 2 aliphatic rings. The number of hydrogen-bond acceptors (Lipinski definition) is 3. The minimum absolute atomic E-state index is 0.720. The molecule has 0 bridgehead atoms. The zero-order chi connectivity index (χ0) is 16.1. The van der Waals surface area contributed by atoms with Gasteiger partial charge in [0.2, 0.25) is 0 Å². The summed E-state index contributed by atoms with van der Waals surface area (Å²) in [5.41, 5.74) is 1.18. The Morgan fingerprint density at radius 2 is 1.96 bits per heavy atom. The van der Waals surface area contributed by atoms with E-state index in [4.69, 9.17) is 9.47 Å². The summed E-state index contributed by atoms with van der Waals surface area (Å²) in [5.74, 6) is 3.51. The van der Waals surface area contributed by atoms with Gasteiger partial charge in [-0.05, 0) is 36.5 Å². The molecule has 1 saturated heterocycles. The normalized spacial score (nSPS) is 19.4. The molecule has 5 heteroatoms. The van der Waals surface area contributed by atoms with Crippen LogP contribution in [0.15, 0.2) is 23.2 Å². The molecular formula is C18H27N3O2. The maximum atomic E-state index is 5.76. The van der Waals surface area contributed by atoms with Crippen LogP contribution in [-0.4, -0.2) is 44.2 Å². The topological polar surface area (TPSA) is 46.1 Å². The number of aliphatic imine (C=N–C) groups is 1. The highest BCUT2D eigenvalue weighted by Gasteiger charge is 2.18. The van der Waals surface area contributed by atoms with Crippen molar-refractivity contribution >= 4 is 5.96 Å². The molecule has 2 heterocycles. The zero-order valence-electron chi connectivity index (χ0n) is 14.2. The quantitative estimate of drug-likeness (QED) is 0.673. The third-order valence-electron chi connectivity index (χ3n) is 4.56. The molecule has 0 atom stereocenters. The fraction of sp³-hybridized carbons (Fsp3) is 0.611. The van der Waals surface area contributed by atoms with Crippen molar-refractivity contribution in [3.63, 3.8) is 0 Å². The van der Waals surface area contributed by atoms with Gasteiger partial charge in [0.25, 0.3) is 0 Å². The Hall–Kier alpha value is -1.91. The van der Waals surface area contributed by atoms with Crippen molar-refractivity contribution < 1.29 is 9.47 Å². The standard InChI is InChI=1S/C18H27N3O2/c1-14-6-8-21(9-7-14)18(19-2)20-13-15-4-5-16-17(12-15)23-11-3-10-22-16/h4-5,12,14H,3,6-11,13H2,1-2H3,(H,19,20). The van der Waals surface area contributed by atoms with Crippen molar-refractivity contribution in [1.82, 2.24) is 10.2 Å². The van der Waals surface area contributed by atoms with Crippen LogP contribution in [0.2, 0.25) is 0 Å². The van der Waals surface area contributed by atoms with E-state index in [1.807, 2.05) is 13.1 Å². The lowest BCUT2D eigenvalue weighted by Crippen LogP contribution is -2.45. The van der Waals surface area contributed by atoms with E-state index in [1.165, 1.54) is 18.4 Å². The van der Waals surface area contributed by atoms with E-state index in [0.717, 1.165) is 62.6 Å². The lowest BCUT2D eigenvalue weighted by molar-refractivity contribution is 0.273. The first kappa shape index (κ1) is 16.0. The lowest BCUT2D eigenvalue weighted by atomic mass is 9.99. The average molecular weight is 317 g/mol. The van der Waals surface area contributed by atoms with Gasteiger partial charge in [-0.15, -0.1) is 0 Å². The van der Waals surface area contributed by atoms with Gasteiger partial charge in [-0.3, -0.25) is 4.99 Å². The van der Waals surface area contributed by atoms with Crippen LogP contribution in [0.25, 0.3) is 0 Å². The van der Waals surface area contributed by atoms with E-state index in [-0.39, 0.29) is 0 Å². The Balaban J connectivity index is 1.59. The first-order chi connectivity index (χ1) is 11.3. The maximum Gasteiger partial charge on any atom is 0.193 e. The number of guanidine groups is 1. The Labute approximate surface area is 138 Å². The molecule has 0 saturated carbocycles. The Morgan fingerprint density at radius 3 is 2.70 bits per heavy atom. The van der Waals surface area contributed by atoms with Crippen molar-refractivity contribution in [2.45, 2.75) is 32.7 Å². The molecule has 1 fully saturated rings. The molecule has 1 aromatic rings. The van der Waals surface area contributed by atoms with Crippen molar-refractivity contribution in [3.8, 4) is 11.5 Å². The second-order valence-electron chi connectivity index (χ2n) is 6.40. The SMILES string of the molecule is CN=C(NCc1ccc2c(c1)OCCCO2)N1CCC(C)CC1. The van der Waals surface area contributed by atoms with Crippen LogP contribution in [-0.2, 0) is 6.54 Å². The molecule has 0 aromatic heterocycles. The van der Waals surface area contributed by atoms with Crippen LogP contribution < -0.4 is 14.8 Å². The van der Waals surface area contributed by atoms with Gasteiger partial charge in [0, 0.05) is 33.1 Å². The van der Waals surface area contributed by atoms with E-state index in [0.29, 0.717) is 0 Å². The molecular weight excluding hydrogens is 290 g/mol. The third-order valence-corrected chi connectivity index (χ3v) is 4.56. The molecule has 0 aliphatic carbocycles. The number of nitrogens with one attached hydrogen (secondary N) is 1. The summed E-state index contributed by atoms with van der Waals surface area (Å²) < 4.78 is 11.4. The van der Waals surface area contributed by atoms with E-state index in [1.54, 1.807) is 0 Å². The van der Waals surface area contributed by atoms with Crippen molar-refractivity contribution in [3.05, 3.63) is 23.8 Å². The highest BCUT2D eigenvalue weighted by atomic mass is 16.5. The van der Waals surface area contributed by atoms with Crippen molar-refractivity contribution in [1.29, 1.82) is 0 Å². The van der Waals surface area contributed by atoms with E-state index in [2.05, 4.69) is 34.3 Å². The first-order valence-electron chi connectivity index (χ1n) is 8.60. The number of nitrogens with zero attached hydrogens (tertiary/aromatic N) is 2. The predicted octanol–water partition coefficient (Wildman–Crippen LogP) is 2.66.